The third-order valence-electron chi connectivity index (χ3n) is 3.49. The first-order chi connectivity index (χ1) is 11.1. The van der Waals surface area contributed by atoms with Crippen molar-refractivity contribution < 1.29 is 4.79 Å². The fourth-order valence-corrected chi connectivity index (χ4v) is 3.26. The van der Waals surface area contributed by atoms with Gasteiger partial charge >= 0.3 is 0 Å². The highest BCUT2D eigenvalue weighted by molar-refractivity contribution is 7.15. The molecule has 3 aromatic rings. The summed E-state index contributed by atoms with van der Waals surface area (Å²) in [5.74, 6) is 0.0663. The fraction of sp³-hybridized carbons (Fsp3) is 0.111. The summed E-state index contributed by atoms with van der Waals surface area (Å²) in [6, 6.07) is 15.7. The summed E-state index contributed by atoms with van der Waals surface area (Å²) in [7, 11) is 0. The van der Waals surface area contributed by atoms with E-state index in [4.69, 9.17) is 11.6 Å². The molecule has 0 bridgehead atoms. The number of carbonyl (C=O) groups is 1. The molecule has 0 amide bonds. The molecule has 1 N–H and O–H groups in total. The van der Waals surface area contributed by atoms with Gasteiger partial charge in [0.05, 0.1) is 6.54 Å². The summed E-state index contributed by atoms with van der Waals surface area (Å²) in [5, 5.41) is 3.42. The van der Waals surface area contributed by atoms with Gasteiger partial charge in [0.2, 0.25) is 0 Å². The lowest BCUT2D eigenvalue weighted by Gasteiger charge is -2.12. The Labute approximate surface area is 144 Å². The molecule has 0 radical (unpaired) electrons. The van der Waals surface area contributed by atoms with E-state index in [1.54, 1.807) is 13.1 Å². The number of nitrogens with one attached hydrogen (secondary N) is 1. The SMILES string of the molecule is CC(=O)c1cccc(-c2ccccc2NCc2cnc(Cl)s2)c1. The number of halogens is 1. The van der Waals surface area contributed by atoms with Crippen molar-refractivity contribution in [3.63, 3.8) is 0 Å². The molecule has 0 unspecified atom stereocenters. The van der Waals surface area contributed by atoms with Gasteiger partial charge in [-0.1, -0.05) is 48.0 Å². The highest BCUT2D eigenvalue weighted by Crippen LogP contribution is 2.29. The Morgan fingerprint density at radius 3 is 2.78 bits per heavy atom. The third-order valence-corrected chi connectivity index (χ3v) is 4.60. The van der Waals surface area contributed by atoms with Gasteiger partial charge < -0.3 is 5.32 Å². The molecular formula is C18H15ClN2OS. The van der Waals surface area contributed by atoms with Crippen molar-refractivity contribution >= 4 is 34.4 Å². The van der Waals surface area contributed by atoms with Gasteiger partial charge in [0.25, 0.3) is 0 Å². The van der Waals surface area contributed by atoms with Crippen molar-refractivity contribution in [2.45, 2.75) is 13.5 Å². The van der Waals surface area contributed by atoms with Gasteiger partial charge in [-0.2, -0.15) is 0 Å². The number of aromatic nitrogens is 1. The number of thiazole rings is 1. The van der Waals surface area contributed by atoms with Crippen molar-refractivity contribution in [1.29, 1.82) is 0 Å². The number of para-hydroxylation sites is 1. The maximum atomic E-state index is 11.6. The van der Waals surface area contributed by atoms with Crippen molar-refractivity contribution in [2.75, 3.05) is 5.32 Å². The van der Waals surface area contributed by atoms with Crippen molar-refractivity contribution in [3.8, 4) is 11.1 Å². The zero-order chi connectivity index (χ0) is 16.2. The van der Waals surface area contributed by atoms with Crippen LogP contribution in [-0.2, 0) is 6.54 Å². The molecule has 0 aliphatic rings. The molecule has 116 valence electrons. The van der Waals surface area contributed by atoms with Gasteiger partial charge in [0.15, 0.2) is 10.3 Å². The maximum Gasteiger partial charge on any atom is 0.183 e. The van der Waals surface area contributed by atoms with Crippen LogP contribution in [0.3, 0.4) is 0 Å². The van der Waals surface area contributed by atoms with E-state index >= 15 is 0 Å². The standard InChI is InChI=1S/C18H15ClN2OS/c1-12(22)13-5-4-6-14(9-13)16-7-2-3-8-17(16)20-10-15-11-21-18(19)23-15/h2-9,11,20H,10H2,1H3. The van der Waals surface area contributed by atoms with E-state index in [0.29, 0.717) is 16.6 Å². The average molecular weight is 343 g/mol. The molecule has 0 spiro atoms. The minimum Gasteiger partial charge on any atom is -0.380 e. The predicted octanol–water partition coefficient (Wildman–Crippen LogP) is 5.28. The van der Waals surface area contributed by atoms with Gasteiger partial charge in [0.1, 0.15) is 0 Å². The van der Waals surface area contributed by atoms with Crippen LogP contribution in [0.5, 0.6) is 0 Å². The molecule has 0 saturated carbocycles. The quantitative estimate of drug-likeness (QED) is 0.641. The first-order valence-electron chi connectivity index (χ1n) is 7.18. The fourth-order valence-electron chi connectivity index (χ4n) is 2.34. The highest BCUT2D eigenvalue weighted by atomic mass is 35.5. The maximum absolute atomic E-state index is 11.6. The van der Waals surface area contributed by atoms with E-state index < -0.39 is 0 Å². The highest BCUT2D eigenvalue weighted by Gasteiger charge is 2.07. The van der Waals surface area contributed by atoms with Gasteiger partial charge in [-0.15, -0.1) is 11.3 Å². The summed E-state index contributed by atoms with van der Waals surface area (Å²) >= 11 is 7.33. The van der Waals surface area contributed by atoms with Crippen LogP contribution in [-0.4, -0.2) is 10.8 Å². The second kappa shape index (κ2) is 6.94. The Bertz CT molecular complexity index is 844. The molecule has 2 aromatic carbocycles. The van der Waals surface area contributed by atoms with E-state index in [9.17, 15) is 4.79 Å². The molecule has 0 atom stereocenters. The van der Waals surface area contributed by atoms with E-state index in [1.165, 1.54) is 11.3 Å². The Hall–Kier alpha value is -2.17. The lowest BCUT2D eigenvalue weighted by molar-refractivity contribution is 0.101. The van der Waals surface area contributed by atoms with E-state index in [1.807, 2.05) is 48.5 Å². The largest absolute Gasteiger partial charge is 0.380 e. The molecule has 0 saturated heterocycles. The second-order valence-corrected chi connectivity index (χ2v) is 6.81. The Morgan fingerprint density at radius 1 is 1.22 bits per heavy atom. The summed E-state index contributed by atoms with van der Waals surface area (Å²) in [5.41, 5.74) is 3.80. The minimum atomic E-state index is 0.0663. The van der Waals surface area contributed by atoms with Gasteiger partial charge in [-0.05, 0) is 24.6 Å². The van der Waals surface area contributed by atoms with Gasteiger partial charge in [0, 0.05) is 27.9 Å². The number of Topliss-reactive ketones (excluding diaryl/α,β-unsaturated/α-hetero) is 1. The van der Waals surface area contributed by atoms with Crippen LogP contribution < -0.4 is 5.32 Å². The molecule has 3 nitrogen and oxygen atoms in total. The third kappa shape index (κ3) is 3.78. The molecule has 23 heavy (non-hydrogen) atoms. The normalized spacial score (nSPS) is 10.5. The van der Waals surface area contributed by atoms with Crippen LogP contribution in [0.2, 0.25) is 4.47 Å². The summed E-state index contributed by atoms with van der Waals surface area (Å²) < 4.78 is 0.546. The number of rotatable bonds is 5. The van der Waals surface area contributed by atoms with Crippen LogP contribution in [0, 0.1) is 0 Å². The van der Waals surface area contributed by atoms with Crippen molar-refractivity contribution in [2.24, 2.45) is 0 Å². The molecule has 3 rings (SSSR count). The number of nitrogens with zero attached hydrogens (tertiary/aromatic N) is 1. The minimum absolute atomic E-state index is 0.0663. The Balaban J connectivity index is 1.88. The molecule has 0 fully saturated rings. The first kappa shape index (κ1) is 15.7. The first-order valence-corrected chi connectivity index (χ1v) is 8.37. The number of hydrogen-bond acceptors (Lipinski definition) is 4. The van der Waals surface area contributed by atoms with Crippen LogP contribution in [0.1, 0.15) is 22.2 Å². The summed E-state index contributed by atoms with van der Waals surface area (Å²) in [6.07, 6.45) is 1.78. The zero-order valence-electron chi connectivity index (χ0n) is 12.5. The predicted molar refractivity (Wildman–Crippen MR) is 96.3 cm³/mol. The smallest absolute Gasteiger partial charge is 0.183 e. The van der Waals surface area contributed by atoms with E-state index in [0.717, 1.165) is 21.7 Å². The van der Waals surface area contributed by atoms with Gasteiger partial charge in [-0.25, -0.2) is 4.98 Å². The molecule has 5 heteroatoms. The molecule has 1 aromatic heterocycles. The van der Waals surface area contributed by atoms with Crippen LogP contribution in [0.25, 0.3) is 11.1 Å². The average Bonchev–Trinajstić information content (AvgIpc) is 2.99. The second-order valence-electron chi connectivity index (χ2n) is 5.12. The van der Waals surface area contributed by atoms with Crippen LogP contribution in [0.4, 0.5) is 5.69 Å². The number of benzene rings is 2. The zero-order valence-corrected chi connectivity index (χ0v) is 14.1. The summed E-state index contributed by atoms with van der Waals surface area (Å²) in [6.45, 7) is 2.24. The molecule has 0 aliphatic carbocycles. The lowest BCUT2D eigenvalue weighted by Crippen LogP contribution is -1.99. The van der Waals surface area contributed by atoms with Crippen molar-refractivity contribution in [1.82, 2.24) is 4.98 Å². The van der Waals surface area contributed by atoms with E-state index in [-0.39, 0.29) is 5.78 Å². The number of anilines is 1. The van der Waals surface area contributed by atoms with E-state index in [2.05, 4.69) is 10.3 Å². The lowest BCUT2D eigenvalue weighted by atomic mass is 10.00. The number of carbonyl (C=O) groups excluding carboxylic acids is 1. The van der Waals surface area contributed by atoms with Crippen LogP contribution >= 0.6 is 22.9 Å². The van der Waals surface area contributed by atoms with Gasteiger partial charge in [-0.3, -0.25) is 4.79 Å². The molecular weight excluding hydrogens is 328 g/mol. The monoisotopic (exact) mass is 342 g/mol. The van der Waals surface area contributed by atoms with Crippen LogP contribution in [0.15, 0.2) is 54.7 Å². The number of hydrogen-bond donors (Lipinski definition) is 1. The molecule has 0 aliphatic heterocycles. The summed E-state index contributed by atoms with van der Waals surface area (Å²) in [4.78, 5) is 16.7. The number of ketones is 1. The topological polar surface area (TPSA) is 42.0 Å². The van der Waals surface area contributed by atoms with Crippen molar-refractivity contribution in [3.05, 3.63) is 69.6 Å². The Morgan fingerprint density at radius 2 is 2.04 bits per heavy atom. The molecule has 1 heterocycles. The Kier molecular flexibility index (Phi) is 4.74.